The number of hydrogen-bond acceptors (Lipinski definition) is 6. The Balaban J connectivity index is 2.05. The maximum atomic E-state index is 9.99. The van der Waals surface area contributed by atoms with Crippen LogP contribution in [0.15, 0.2) is 0 Å². The van der Waals surface area contributed by atoms with Crippen molar-refractivity contribution in [3.8, 4) is 0 Å². The van der Waals surface area contributed by atoms with Gasteiger partial charge >= 0.3 is 0 Å². The number of rotatable bonds is 10. The molecule has 4 atom stereocenters. The molecule has 2 rings (SSSR count). The Bertz CT molecular complexity index is 361. The van der Waals surface area contributed by atoms with Crippen molar-refractivity contribution in [2.24, 2.45) is 0 Å². The molecule has 0 radical (unpaired) electrons. The molecule has 0 amide bonds. The molecule has 6 nitrogen and oxygen atoms in total. The lowest BCUT2D eigenvalue weighted by atomic mass is 9.96. The highest BCUT2D eigenvalue weighted by molar-refractivity contribution is 5.04. The van der Waals surface area contributed by atoms with Crippen molar-refractivity contribution < 1.29 is 28.8 Å². The van der Waals surface area contributed by atoms with Crippen LogP contribution in [0.25, 0.3) is 0 Å². The van der Waals surface area contributed by atoms with Gasteiger partial charge in [-0.1, -0.05) is 26.7 Å². The van der Waals surface area contributed by atoms with E-state index >= 15 is 0 Å². The van der Waals surface area contributed by atoms with Gasteiger partial charge in [0, 0.05) is 13.2 Å². The summed E-state index contributed by atoms with van der Waals surface area (Å²) < 4.78 is 29.6. The Morgan fingerprint density at radius 2 is 1.70 bits per heavy atom. The second-order valence-corrected chi connectivity index (χ2v) is 6.86. The summed E-state index contributed by atoms with van der Waals surface area (Å²) in [5, 5.41) is 9.99. The van der Waals surface area contributed by atoms with Crippen LogP contribution in [0.2, 0.25) is 0 Å². The van der Waals surface area contributed by atoms with Gasteiger partial charge in [0.1, 0.15) is 17.8 Å². The van der Waals surface area contributed by atoms with Crippen molar-refractivity contribution in [1.82, 2.24) is 0 Å². The molecular formula is C17H32O6. The van der Waals surface area contributed by atoms with Crippen molar-refractivity contribution in [2.75, 3.05) is 26.4 Å². The van der Waals surface area contributed by atoms with E-state index in [0.717, 1.165) is 25.7 Å². The Morgan fingerprint density at radius 3 is 2.35 bits per heavy atom. The van der Waals surface area contributed by atoms with Crippen molar-refractivity contribution >= 4 is 0 Å². The summed E-state index contributed by atoms with van der Waals surface area (Å²) in [4.78, 5) is 0. The number of ether oxygens (including phenoxy) is 5. The number of fused-ring (bicyclic) bond motifs is 1. The van der Waals surface area contributed by atoms with Crippen LogP contribution in [0.1, 0.15) is 53.4 Å². The van der Waals surface area contributed by atoms with Gasteiger partial charge in [-0.25, -0.2) is 0 Å². The number of hydrogen-bond donors (Lipinski definition) is 1. The lowest BCUT2D eigenvalue weighted by Crippen LogP contribution is -2.52. The largest absolute Gasteiger partial charge is 0.393 e. The average Bonchev–Trinajstić information content (AvgIpc) is 2.94. The van der Waals surface area contributed by atoms with Crippen LogP contribution in [-0.2, 0) is 23.7 Å². The van der Waals surface area contributed by atoms with E-state index in [1.165, 1.54) is 0 Å². The minimum Gasteiger partial charge on any atom is -0.393 e. The van der Waals surface area contributed by atoms with E-state index in [-0.39, 0.29) is 19.3 Å². The highest BCUT2D eigenvalue weighted by Gasteiger charge is 2.62. The molecule has 2 saturated heterocycles. The van der Waals surface area contributed by atoms with Gasteiger partial charge in [0.2, 0.25) is 0 Å². The minimum atomic E-state index is -0.923. The Morgan fingerprint density at radius 1 is 1.00 bits per heavy atom. The molecule has 1 N–H and O–H groups in total. The van der Waals surface area contributed by atoms with Gasteiger partial charge < -0.3 is 28.8 Å². The fourth-order valence-corrected chi connectivity index (χ4v) is 3.03. The third-order valence-corrected chi connectivity index (χ3v) is 4.31. The molecule has 0 spiro atoms. The van der Waals surface area contributed by atoms with Gasteiger partial charge in [-0.05, 0) is 26.7 Å². The molecule has 2 aliphatic rings. The van der Waals surface area contributed by atoms with E-state index in [1.54, 1.807) is 0 Å². The molecule has 0 bridgehead atoms. The van der Waals surface area contributed by atoms with Crippen molar-refractivity contribution in [3.05, 3.63) is 0 Å². The molecule has 2 heterocycles. The van der Waals surface area contributed by atoms with Crippen LogP contribution in [0.5, 0.6) is 0 Å². The second kappa shape index (κ2) is 8.23. The molecule has 0 saturated carbocycles. The Labute approximate surface area is 139 Å². The maximum absolute atomic E-state index is 9.99. The van der Waals surface area contributed by atoms with Crippen LogP contribution < -0.4 is 0 Å². The molecule has 2 aliphatic heterocycles. The molecule has 0 aromatic rings. The summed E-state index contributed by atoms with van der Waals surface area (Å²) >= 11 is 0. The van der Waals surface area contributed by atoms with E-state index in [4.69, 9.17) is 23.7 Å². The van der Waals surface area contributed by atoms with Crippen LogP contribution in [0, 0.1) is 0 Å². The molecule has 1 unspecified atom stereocenters. The molecule has 0 aliphatic carbocycles. The van der Waals surface area contributed by atoms with E-state index < -0.39 is 23.8 Å². The van der Waals surface area contributed by atoms with Gasteiger partial charge in [0.15, 0.2) is 12.1 Å². The van der Waals surface area contributed by atoms with Gasteiger partial charge in [-0.3, -0.25) is 0 Å². The van der Waals surface area contributed by atoms with Crippen molar-refractivity contribution in [1.29, 1.82) is 0 Å². The van der Waals surface area contributed by atoms with Crippen LogP contribution >= 0.6 is 0 Å². The molecule has 23 heavy (non-hydrogen) atoms. The molecular weight excluding hydrogens is 300 g/mol. The van der Waals surface area contributed by atoms with Gasteiger partial charge in [0.05, 0.1) is 13.2 Å². The first kappa shape index (κ1) is 19.1. The Hall–Kier alpha value is -0.240. The fourth-order valence-electron chi connectivity index (χ4n) is 3.03. The summed E-state index contributed by atoms with van der Waals surface area (Å²) in [6.07, 6.45) is 2.78. The predicted molar refractivity (Wildman–Crippen MR) is 85.1 cm³/mol. The quantitative estimate of drug-likeness (QED) is 0.619. The molecule has 136 valence electrons. The summed E-state index contributed by atoms with van der Waals surface area (Å²) in [6.45, 7) is 9.29. The highest BCUT2D eigenvalue weighted by atomic mass is 16.8. The normalized spacial score (nSPS) is 35.6. The first-order valence-corrected chi connectivity index (χ1v) is 8.81. The average molecular weight is 332 g/mol. The van der Waals surface area contributed by atoms with Gasteiger partial charge in [0.25, 0.3) is 0 Å². The molecule has 0 aromatic carbocycles. The monoisotopic (exact) mass is 332 g/mol. The number of aliphatic hydroxyl groups is 1. The second-order valence-electron chi connectivity index (χ2n) is 6.86. The first-order chi connectivity index (χ1) is 11.0. The van der Waals surface area contributed by atoms with Gasteiger partial charge in [-0.2, -0.15) is 0 Å². The summed E-state index contributed by atoms with van der Waals surface area (Å²) in [6, 6.07) is 0. The topological polar surface area (TPSA) is 66.4 Å². The highest BCUT2D eigenvalue weighted by Crippen LogP contribution is 2.43. The fraction of sp³-hybridized carbons (Fsp3) is 1.00. The summed E-state index contributed by atoms with van der Waals surface area (Å²) in [5.41, 5.74) is -0.923. The Kier molecular flexibility index (Phi) is 6.83. The maximum Gasteiger partial charge on any atom is 0.190 e. The smallest absolute Gasteiger partial charge is 0.190 e. The first-order valence-electron chi connectivity index (χ1n) is 8.81. The number of aliphatic hydroxyl groups excluding tert-OH is 1. The van der Waals surface area contributed by atoms with Gasteiger partial charge in [-0.15, -0.1) is 0 Å². The lowest BCUT2D eigenvalue weighted by molar-refractivity contribution is -0.260. The number of unbranched alkanes of at least 4 members (excludes halogenated alkanes) is 2. The van der Waals surface area contributed by atoms with E-state index in [0.29, 0.717) is 13.2 Å². The predicted octanol–water partition coefficient (Wildman–Crippen LogP) is 2.23. The molecule has 2 fully saturated rings. The van der Waals surface area contributed by atoms with Crippen molar-refractivity contribution in [2.45, 2.75) is 83.3 Å². The zero-order valence-electron chi connectivity index (χ0n) is 14.9. The summed E-state index contributed by atoms with van der Waals surface area (Å²) in [5.74, 6) is -0.702. The third-order valence-electron chi connectivity index (χ3n) is 4.31. The minimum absolute atomic E-state index is 0.184. The van der Waals surface area contributed by atoms with E-state index in [2.05, 4.69) is 13.8 Å². The van der Waals surface area contributed by atoms with Crippen LogP contribution in [0.3, 0.4) is 0 Å². The van der Waals surface area contributed by atoms with E-state index in [9.17, 15) is 5.11 Å². The molecule has 6 heteroatoms. The van der Waals surface area contributed by atoms with Crippen LogP contribution in [0.4, 0.5) is 0 Å². The molecule has 0 aromatic heterocycles. The zero-order chi connectivity index (χ0) is 16.9. The van der Waals surface area contributed by atoms with Crippen LogP contribution in [-0.4, -0.2) is 61.4 Å². The van der Waals surface area contributed by atoms with E-state index in [1.807, 2.05) is 13.8 Å². The van der Waals surface area contributed by atoms with Crippen molar-refractivity contribution in [3.63, 3.8) is 0 Å². The lowest BCUT2D eigenvalue weighted by Gasteiger charge is -2.35. The standard InChI is InChI=1S/C17H32O6/c1-5-7-9-19-12-17(11-18)14(20-10-8-6-2)13-15(23-17)22-16(3,4)21-13/h13-15,18H,5-12H2,1-4H3/t13-,14?,15+,17-/m0/s1. The summed E-state index contributed by atoms with van der Waals surface area (Å²) in [7, 11) is 0. The third kappa shape index (κ3) is 4.44. The zero-order valence-corrected chi connectivity index (χ0v) is 14.9. The SMILES string of the molecule is CCCCOC[C@]1(CO)O[C@H]2OC(C)(C)O[C@H]2C1OCCCC.